The summed E-state index contributed by atoms with van der Waals surface area (Å²) in [5, 5.41) is 28.3. The molecule has 0 unspecified atom stereocenters. The van der Waals surface area contributed by atoms with Crippen molar-refractivity contribution in [3.63, 3.8) is 0 Å². The van der Waals surface area contributed by atoms with Crippen molar-refractivity contribution in [1.82, 2.24) is 4.98 Å². The molecule has 25 heavy (non-hydrogen) atoms. The molecule has 2 aromatic rings. The first-order valence-corrected chi connectivity index (χ1v) is 8.16. The molecular weight excluding hydrogens is 318 g/mol. The number of carboxylic acids is 1. The van der Waals surface area contributed by atoms with E-state index in [1.165, 1.54) is 0 Å². The number of benzene rings is 1. The fraction of sp³-hybridized carbons (Fsp3) is 0.300. The van der Waals surface area contributed by atoms with E-state index in [-0.39, 0.29) is 12.8 Å². The Bertz CT molecular complexity index is 756. The number of carboxylic acid groups (broad SMARTS) is 1. The van der Waals surface area contributed by atoms with E-state index in [0.29, 0.717) is 0 Å². The van der Waals surface area contributed by atoms with Crippen LogP contribution in [0.15, 0.2) is 42.5 Å². The monoisotopic (exact) mass is 341 g/mol. The number of pyridine rings is 1. The molecule has 0 aliphatic rings. The van der Waals surface area contributed by atoms with E-state index in [9.17, 15) is 15.0 Å². The van der Waals surface area contributed by atoms with Crippen molar-refractivity contribution in [1.29, 1.82) is 0 Å². The summed E-state index contributed by atoms with van der Waals surface area (Å²) in [5.74, 6) is -1.09. The number of aliphatic hydroxyl groups excluding tert-OH is 2. The summed E-state index contributed by atoms with van der Waals surface area (Å²) in [6, 6.07) is 11.9. The summed E-state index contributed by atoms with van der Waals surface area (Å²) in [4.78, 5) is 15.1. The van der Waals surface area contributed by atoms with Gasteiger partial charge in [-0.25, -0.2) is 0 Å². The molecule has 0 spiro atoms. The minimum atomic E-state index is -1.09. The highest BCUT2D eigenvalue weighted by molar-refractivity contribution is 5.76. The molecule has 0 radical (unpaired) electrons. The molecule has 0 saturated heterocycles. The first kappa shape index (κ1) is 18.8. The zero-order valence-corrected chi connectivity index (χ0v) is 14.4. The van der Waals surface area contributed by atoms with Gasteiger partial charge in [0.1, 0.15) is 0 Å². The zero-order valence-electron chi connectivity index (χ0n) is 14.4. The van der Waals surface area contributed by atoms with Crippen LogP contribution in [0.2, 0.25) is 0 Å². The molecule has 0 aliphatic heterocycles. The lowest BCUT2D eigenvalue weighted by molar-refractivity contribution is -0.139. The molecule has 0 amide bonds. The van der Waals surface area contributed by atoms with Crippen LogP contribution in [-0.4, -0.2) is 38.5 Å². The van der Waals surface area contributed by atoms with Crippen molar-refractivity contribution < 1.29 is 20.1 Å². The van der Waals surface area contributed by atoms with Crippen LogP contribution in [0.25, 0.3) is 17.2 Å². The lowest BCUT2D eigenvalue weighted by Gasteiger charge is -2.13. The van der Waals surface area contributed by atoms with Crippen molar-refractivity contribution >= 4 is 12.0 Å². The van der Waals surface area contributed by atoms with Gasteiger partial charge in [0.25, 0.3) is 0 Å². The highest BCUT2D eigenvalue weighted by Crippen LogP contribution is 2.27. The molecule has 132 valence electrons. The maximum atomic E-state index is 10.6. The van der Waals surface area contributed by atoms with Gasteiger partial charge in [0.2, 0.25) is 0 Å². The molecule has 2 rings (SSSR count). The highest BCUT2D eigenvalue weighted by atomic mass is 16.4. The van der Waals surface area contributed by atoms with Crippen LogP contribution in [0.5, 0.6) is 0 Å². The third kappa shape index (κ3) is 5.52. The number of nitrogens with zero attached hydrogens (tertiary/aromatic N) is 1. The maximum Gasteiger partial charge on any atom is 0.305 e. The van der Waals surface area contributed by atoms with Gasteiger partial charge in [0.15, 0.2) is 0 Å². The van der Waals surface area contributed by atoms with E-state index >= 15 is 0 Å². The van der Waals surface area contributed by atoms with Gasteiger partial charge in [0, 0.05) is 23.4 Å². The predicted octanol–water partition coefficient (Wildman–Crippen LogP) is 2.97. The van der Waals surface area contributed by atoms with Crippen molar-refractivity contribution in [2.45, 2.75) is 38.9 Å². The number of hydrogen-bond donors (Lipinski definition) is 3. The van der Waals surface area contributed by atoms with Gasteiger partial charge in [-0.05, 0) is 31.0 Å². The van der Waals surface area contributed by atoms with Crippen LogP contribution in [-0.2, 0) is 4.79 Å². The van der Waals surface area contributed by atoms with Crippen LogP contribution in [0.4, 0.5) is 0 Å². The molecule has 5 heteroatoms. The first-order valence-electron chi connectivity index (χ1n) is 8.16. The van der Waals surface area contributed by atoms with Gasteiger partial charge >= 0.3 is 5.97 Å². The summed E-state index contributed by atoms with van der Waals surface area (Å²) in [5.41, 5.74) is 4.71. The van der Waals surface area contributed by atoms with Crippen LogP contribution >= 0.6 is 0 Å². The third-order valence-corrected chi connectivity index (χ3v) is 3.87. The molecule has 0 bridgehead atoms. The molecular formula is C20H23NO4. The van der Waals surface area contributed by atoms with Crippen molar-refractivity contribution in [2.24, 2.45) is 0 Å². The Morgan fingerprint density at radius 3 is 2.52 bits per heavy atom. The molecule has 0 saturated carbocycles. The molecule has 3 N–H and O–H groups in total. The molecule has 2 atom stereocenters. The van der Waals surface area contributed by atoms with Gasteiger partial charge in [-0.1, -0.05) is 42.5 Å². The fourth-order valence-corrected chi connectivity index (χ4v) is 2.76. The van der Waals surface area contributed by atoms with Gasteiger partial charge in [-0.3, -0.25) is 9.78 Å². The predicted molar refractivity (Wildman–Crippen MR) is 97.1 cm³/mol. The van der Waals surface area contributed by atoms with Gasteiger partial charge in [-0.15, -0.1) is 0 Å². The van der Waals surface area contributed by atoms with Crippen molar-refractivity contribution in [3.05, 3.63) is 59.4 Å². The normalized spacial score (nSPS) is 13.8. The highest BCUT2D eigenvalue weighted by Gasteiger charge is 2.14. The minimum Gasteiger partial charge on any atom is -0.481 e. The fourth-order valence-electron chi connectivity index (χ4n) is 2.76. The quantitative estimate of drug-likeness (QED) is 0.720. The lowest BCUT2D eigenvalue weighted by Crippen LogP contribution is -2.19. The Labute approximate surface area is 147 Å². The summed E-state index contributed by atoms with van der Waals surface area (Å²) in [7, 11) is 0. The number of aliphatic carboxylic acids is 1. The summed E-state index contributed by atoms with van der Waals surface area (Å²) in [6.07, 6.45) is 0.924. The SMILES string of the molecule is Cc1cc(-c2ccccc2)c(/C=C/[C@H](O)C[C@H](O)CC(=O)O)c(C)n1. The van der Waals surface area contributed by atoms with Gasteiger partial charge < -0.3 is 15.3 Å². The maximum absolute atomic E-state index is 10.6. The van der Waals surface area contributed by atoms with Crippen LogP contribution in [0, 0.1) is 13.8 Å². The van der Waals surface area contributed by atoms with E-state index < -0.39 is 18.2 Å². The number of carbonyl (C=O) groups is 1. The van der Waals surface area contributed by atoms with E-state index in [1.54, 1.807) is 12.2 Å². The largest absolute Gasteiger partial charge is 0.481 e. The van der Waals surface area contributed by atoms with E-state index in [0.717, 1.165) is 28.1 Å². The summed E-state index contributed by atoms with van der Waals surface area (Å²) in [6.45, 7) is 3.84. The smallest absolute Gasteiger partial charge is 0.305 e. The topological polar surface area (TPSA) is 90.7 Å². The molecule has 1 aromatic heterocycles. The summed E-state index contributed by atoms with van der Waals surface area (Å²) < 4.78 is 0. The zero-order chi connectivity index (χ0) is 18.4. The van der Waals surface area contributed by atoms with Crippen LogP contribution < -0.4 is 0 Å². The molecule has 1 heterocycles. The Morgan fingerprint density at radius 2 is 1.88 bits per heavy atom. The van der Waals surface area contributed by atoms with Crippen LogP contribution in [0.3, 0.4) is 0 Å². The molecule has 1 aromatic carbocycles. The molecule has 0 aliphatic carbocycles. The Kier molecular flexibility index (Phi) is 6.44. The molecule has 0 fully saturated rings. The second kappa shape index (κ2) is 8.55. The standard InChI is InChI=1S/C20H23NO4/c1-13-10-19(15-6-4-3-5-7-15)18(14(2)21-13)9-8-16(22)11-17(23)12-20(24)25/h3-10,16-17,22-23H,11-12H2,1-2H3,(H,24,25)/b9-8+/t16-,17-/m0/s1. The lowest BCUT2D eigenvalue weighted by atomic mass is 9.97. The second-order valence-corrected chi connectivity index (χ2v) is 6.09. The van der Waals surface area contributed by atoms with E-state index in [4.69, 9.17) is 5.11 Å². The van der Waals surface area contributed by atoms with Crippen molar-refractivity contribution in [3.8, 4) is 11.1 Å². The third-order valence-electron chi connectivity index (χ3n) is 3.87. The second-order valence-electron chi connectivity index (χ2n) is 6.09. The van der Waals surface area contributed by atoms with E-state index in [1.807, 2.05) is 50.2 Å². The van der Waals surface area contributed by atoms with Crippen LogP contribution in [0.1, 0.15) is 29.8 Å². The van der Waals surface area contributed by atoms with Gasteiger partial charge in [-0.2, -0.15) is 0 Å². The number of aromatic nitrogens is 1. The average Bonchev–Trinajstić information content (AvgIpc) is 2.53. The number of rotatable bonds is 7. The first-order chi connectivity index (χ1) is 11.9. The van der Waals surface area contributed by atoms with E-state index in [2.05, 4.69) is 4.98 Å². The Balaban J connectivity index is 2.25. The minimum absolute atomic E-state index is 0.0260. The Morgan fingerprint density at radius 1 is 1.20 bits per heavy atom. The Hall–Kier alpha value is -2.50. The summed E-state index contributed by atoms with van der Waals surface area (Å²) >= 11 is 0. The van der Waals surface area contributed by atoms with Gasteiger partial charge in [0.05, 0.1) is 18.6 Å². The number of hydrogen-bond acceptors (Lipinski definition) is 4. The average molecular weight is 341 g/mol. The number of aryl methyl sites for hydroxylation is 2. The number of aliphatic hydroxyl groups is 2. The van der Waals surface area contributed by atoms with Crippen molar-refractivity contribution in [2.75, 3.05) is 0 Å². The molecule has 5 nitrogen and oxygen atoms in total.